The van der Waals surface area contributed by atoms with Crippen LogP contribution in [0, 0.1) is 5.41 Å². The van der Waals surface area contributed by atoms with Crippen LogP contribution >= 0.6 is 0 Å². The summed E-state index contributed by atoms with van der Waals surface area (Å²) in [5.41, 5.74) is 0.0121. The van der Waals surface area contributed by atoms with Crippen molar-refractivity contribution < 1.29 is 9.84 Å². The number of ether oxygens (including phenoxy) is 1. The van der Waals surface area contributed by atoms with Crippen molar-refractivity contribution in [3.05, 3.63) is 0 Å². The van der Waals surface area contributed by atoms with Gasteiger partial charge >= 0.3 is 0 Å². The van der Waals surface area contributed by atoms with Crippen LogP contribution < -0.4 is 0 Å². The zero-order valence-electron chi connectivity index (χ0n) is 12.0. The van der Waals surface area contributed by atoms with Gasteiger partial charge in [-0.1, -0.05) is 0 Å². The third-order valence-corrected chi connectivity index (χ3v) is 5.20. The largest absolute Gasteiger partial charge is 0.396 e. The van der Waals surface area contributed by atoms with Crippen LogP contribution in [0.15, 0.2) is 0 Å². The molecule has 0 radical (unpaired) electrons. The van der Waals surface area contributed by atoms with Crippen molar-refractivity contribution in [2.45, 2.75) is 38.1 Å². The Hall–Kier alpha value is -0.160. The summed E-state index contributed by atoms with van der Waals surface area (Å²) in [6.45, 7) is 7.91. The van der Waals surface area contributed by atoms with Crippen molar-refractivity contribution >= 4 is 0 Å². The van der Waals surface area contributed by atoms with Crippen molar-refractivity contribution in [1.82, 2.24) is 9.80 Å². The molecule has 3 saturated heterocycles. The standard InChI is InChI=1S/C15H28N2O2/c18-12-15(5-3-9-19-13-15)11-16-8-4-14(10-16)17-6-1-2-7-17/h14,18H,1-13H2. The molecule has 2 unspecified atom stereocenters. The monoisotopic (exact) mass is 268 g/mol. The first-order valence-electron chi connectivity index (χ1n) is 7.96. The van der Waals surface area contributed by atoms with Gasteiger partial charge in [-0.2, -0.15) is 0 Å². The molecule has 0 saturated carbocycles. The average molecular weight is 268 g/mol. The van der Waals surface area contributed by atoms with Gasteiger partial charge in [0.15, 0.2) is 0 Å². The van der Waals surface area contributed by atoms with Crippen LogP contribution in [0.5, 0.6) is 0 Å². The SMILES string of the molecule is OCC1(CN2CCC(N3CCCC3)C2)CCCOC1. The van der Waals surface area contributed by atoms with E-state index in [-0.39, 0.29) is 12.0 Å². The van der Waals surface area contributed by atoms with E-state index in [2.05, 4.69) is 9.80 Å². The Morgan fingerprint density at radius 1 is 1.16 bits per heavy atom. The van der Waals surface area contributed by atoms with Crippen LogP contribution in [0.3, 0.4) is 0 Å². The molecule has 3 aliphatic heterocycles. The minimum atomic E-state index is 0.0121. The highest BCUT2D eigenvalue weighted by molar-refractivity contribution is 4.91. The minimum absolute atomic E-state index is 0.0121. The van der Waals surface area contributed by atoms with E-state index in [1.807, 2.05) is 0 Å². The summed E-state index contributed by atoms with van der Waals surface area (Å²) in [6, 6.07) is 0.766. The van der Waals surface area contributed by atoms with Gasteiger partial charge in [-0.05, 0) is 51.7 Å². The van der Waals surface area contributed by atoms with Gasteiger partial charge in [-0.15, -0.1) is 0 Å². The van der Waals surface area contributed by atoms with Crippen LogP contribution in [-0.2, 0) is 4.74 Å². The zero-order chi connectivity index (χ0) is 13.1. The Bertz CT molecular complexity index is 286. The summed E-state index contributed by atoms with van der Waals surface area (Å²) in [4.78, 5) is 5.23. The molecule has 3 rings (SSSR count). The van der Waals surface area contributed by atoms with Gasteiger partial charge in [0.25, 0.3) is 0 Å². The minimum Gasteiger partial charge on any atom is -0.396 e. The first-order valence-corrected chi connectivity index (χ1v) is 7.96. The molecule has 3 heterocycles. The van der Waals surface area contributed by atoms with Gasteiger partial charge < -0.3 is 14.7 Å². The first-order chi connectivity index (χ1) is 9.31. The van der Waals surface area contributed by atoms with Crippen LogP contribution in [0.2, 0.25) is 0 Å². The summed E-state index contributed by atoms with van der Waals surface area (Å²) in [6.07, 6.45) is 6.29. The highest BCUT2D eigenvalue weighted by Crippen LogP contribution is 2.31. The van der Waals surface area contributed by atoms with Crippen LogP contribution in [0.25, 0.3) is 0 Å². The van der Waals surface area contributed by atoms with Crippen LogP contribution in [-0.4, -0.2) is 73.5 Å². The fourth-order valence-corrected chi connectivity index (χ4v) is 4.04. The van der Waals surface area contributed by atoms with E-state index in [1.165, 1.54) is 45.4 Å². The van der Waals surface area contributed by atoms with Crippen molar-refractivity contribution in [1.29, 1.82) is 0 Å². The molecule has 19 heavy (non-hydrogen) atoms. The lowest BCUT2D eigenvalue weighted by atomic mass is 9.83. The number of rotatable bonds is 4. The molecule has 0 aromatic carbocycles. The Balaban J connectivity index is 1.52. The molecule has 0 aliphatic carbocycles. The summed E-state index contributed by atoms with van der Waals surface area (Å²) in [5, 5.41) is 9.76. The van der Waals surface area contributed by atoms with Gasteiger partial charge in [-0.3, -0.25) is 4.90 Å². The molecule has 0 aromatic rings. The van der Waals surface area contributed by atoms with E-state index in [4.69, 9.17) is 4.74 Å². The molecule has 0 amide bonds. The molecule has 0 spiro atoms. The molecule has 3 fully saturated rings. The average Bonchev–Trinajstić information content (AvgIpc) is 3.10. The van der Waals surface area contributed by atoms with E-state index < -0.39 is 0 Å². The van der Waals surface area contributed by atoms with Crippen molar-refractivity contribution in [2.75, 3.05) is 52.5 Å². The van der Waals surface area contributed by atoms with E-state index in [0.717, 1.165) is 38.6 Å². The van der Waals surface area contributed by atoms with Gasteiger partial charge in [0.1, 0.15) is 0 Å². The molecule has 4 nitrogen and oxygen atoms in total. The number of nitrogens with zero attached hydrogens (tertiary/aromatic N) is 2. The Morgan fingerprint density at radius 2 is 2.00 bits per heavy atom. The molecule has 2 atom stereocenters. The third kappa shape index (κ3) is 3.13. The van der Waals surface area contributed by atoms with Crippen LogP contribution in [0.4, 0.5) is 0 Å². The number of hydrogen-bond donors (Lipinski definition) is 1. The highest BCUT2D eigenvalue weighted by Gasteiger charge is 2.37. The van der Waals surface area contributed by atoms with Crippen molar-refractivity contribution in [3.8, 4) is 0 Å². The maximum absolute atomic E-state index is 9.76. The maximum atomic E-state index is 9.76. The molecule has 3 aliphatic rings. The number of hydrogen-bond acceptors (Lipinski definition) is 4. The first kappa shape index (κ1) is 13.8. The quantitative estimate of drug-likeness (QED) is 0.823. The summed E-state index contributed by atoms with van der Waals surface area (Å²) >= 11 is 0. The molecular formula is C15H28N2O2. The lowest BCUT2D eigenvalue weighted by molar-refractivity contribution is -0.0531. The van der Waals surface area contributed by atoms with E-state index in [1.54, 1.807) is 0 Å². The topological polar surface area (TPSA) is 35.9 Å². The predicted octanol–water partition coefficient (Wildman–Crippen LogP) is 0.946. The Morgan fingerprint density at radius 3 is 2.68 bits per heavy atom. The summed E-state index contributed by atoms with van der Waals surface area (Å²) in [5.74, 6) is 0. The molecular weight excluding hydrogens is 240 g/mol. The second kappa shape index (κ2) is 6.08. The van der Waals surface area contributed by atoms with Crippen molar-refractivity contribution in [2.24, 2.45) is 5.41 Å². The smallest absolute Gasteiger partial charge is 0.0556 e. The normalized spacial score (nSPS) is 38.1. The van der Waals surface area contributed by atoms with Gasteiger partial charge in [0.05, 0.1) is 13.2 Å². The van der Waals surface area contributed by atoms with Gasteiger partial charge in [0.2, 0.25) is 0 Å². The third-order valence-electron chi connectivity index (χ3n) is 5.20. The number of aliphatic hydroxyl groups is 1. The second-order valence-corrected chi connectivity index (χ2v) is 6.73. The maximum Gasteiger partial charge on any atom is 0.0556 e. The number of aliphatic hydroxyl groups excluding tert-OH is 1. The zero-order valence-corrected chi connectivity index (χ0v) is 12.0. The molecule has 4 heteroatoms. The second-order valence-electron chi connectivity index (χ2n) is 6.73. The fraction of sp³-hybridized carbons (Fsp3) is 1.00. The fourth-order valence-electron chi connectivity index (χ4n) is 4.04. The molecule has 0 bridgehead atoms. The lowest BCUT2D eigenvalue weighted by Gasteiger charge is -2.38. The molecule has 0 aromatic heterocycles. The van der Waals surface area contributed by atoms with E-state index >= 15 is 0 Å². The summed E-state index contributed by atoms with van der Waals surface area (Å²) < 4.78 is 5.62. The number of likely N-dealkylation sites (tertiary alicyclic amines) is 2. The van der Waals surface area contributed by atoms with Gasteiger partial charge in [0, 0.05) is 31.2 Å². The predicted molar refractivity (Wildman–Crippen MR) is 75.2 cm³/mol. The van der Waals surface area contributed by atoms with E-state index in [0.29, 0.717) is 0 Å². The Kier molecular flexibility index (Phi) is 4.42. The Labute approximate surface area is 116 Å². The highest BCUT2D eigenvalue weighted by atomic mass is 16.5. The summed E-state index contributed by atoms with van der Waals surface area (Å²) in [7, 11) is 0. The van der Waals surface area contributed by atoms with Crippen LogP contribution in [0.1, 0.15) is 32.1 Å². The molecule has 110 valence electrons. The van der Waals surface area contributed by atoms with Gasteiger partial charge in [-0.25, -0.2) is 0 Å². The molecule has 1 N–H and O–H groups in total. The van der Waals surface area contributed by atoms with E-state index in [9.17, 15) is 5.11 Å². The lowest BCUT2D eigenvalue weighted by Crippen LogP contribution is -2.46. The van der Waals surface area contributed by atoms with Crippen molar-refractivity contribution in [3.63, 3.8) is 0 Å².